The van der Waals surface area contributed by atoms with E-state index in [9.17, 15) is 13.2 Å². The van der Waals surface area contributed by atoms with Gasteiger partial charge in [0.1, 0.15) is 0 Å². The van der Waals surface area contributed by atoms with E-state index >= 15 is 0 Å². The van der Waals surface area contributed by atoms with E-state index in [1.54, 1.807) is 0 Å². The minimum atomic E-state index is -3.70. The van der Waals surface area contributed by atoms with E-state index in [1.165, 1.54) is 24.7 Å². The van der Waals surface area contributed by atoms with Crippen LogP contribution >= 0.6 is 0 Å². The van der Waals surface area contributed by atoms with Gasteiger partial charge in [-0.3, -0.25) is 4.79 Å². The van der Waals surface area contributed by atoms with Gasteiger partial charge in [0.2, 0.25) is 5.09 Å². The van der Waals surface area contributed by atoms with Gasteiger partial charge in [0, 0.05) is 0 Å². The summed E-state index contributed by atoms with van der Waals surface area (Å²) in [7, 11) is -2.40. The second-order valence-corrected chi connectivity index (χ2v) is 7.61. The van der Waals surface area contributed by atoms with Gasteiger partial charge in [0.05, 0.1) is 6.04 Å². The Morgan fingerprint density at radius 1 is 1.17 bits per heavy atom. The van der Waals surface area contributed by atoms with Crippen LogP contribution in [0.4, 0.5) is 0 Å². The normalized spacial score (nSPS) is 17.8. The summed E-state index contributed by atoms with van der Waals surface area (Å²) in [6.07, 6.45) is 3.98. The smallest absolute Gasteiger partial charge is 0.287 e. The standard InChI is InChI=1S/C17H20N2O4S/c1-18-24(21,22)16-11-10-15(23-16)17(20)19-14-9-5-3-7-12-6-2-4-8-13(12)14/h2,4,6,8,10-11,14,18H,3,5,7,9H2,1H3,(H,19,20). The Kier molecular flexibility index (Phi) is 4.73. The fourth-order valence-corrected chi connectivity index (χ4v) is 3.64. The highest BCUT2D eigenvalue weighted by Gasteiger charge is 2.24. The number of amides is 1. The largest absolute Gasteiger partial charge is 0.438 e. The van der Waals surface area contributed by atoms with Gasteiger partial charge in [-0.2, -0.15) is 0 Å². The maximum absolute atomic E-state index is 12.4. The van der Waals surface area contributed by atoms with Gasteiger partial charge >= 0.3 is 0 Å². The van der Waals surface area contributed by atoms with Crippen molar-refractivity contribution in [3.8, 4) is 0 Å². The molecular weight excluding hydrogens is 328 g/mol. The van der Waals surface area contributed by atoms with Gasteiger partial charge in [-0.1, -0.05) is 30.7 Å². The highest BCUT2D eigenvalue weighted by Crippen LogP contribution is 2.29. The number of benzene rings is 1. The first-order chi connectivity index (χ1) is 11.5. The van der Waals surface area contributed by atoms with Gasteiger partial charge in [-0.15, -0.1) is 0 Å². The molecule has 0 radical (unpaired) electrons. The second kappa shape index (κ2) is 6.78. The Hall–Kier alpha value is -2.12. The third kappa shape index (κ3) is 3.37. The van der Waals surface area contributed by atoms with E-state index in [4.69, 9.17) is 4.42 Å². The van der Waals surface area contributed by atoms with Gasteiger partial charge < -0.3 is 9.73 Å². The molecule has 1 aliphatic rings. The first-order valence-corrected chi connectivity index (χ1v) is 9.41. The highest BCUT2D eigenvalue weighted by molar-refractivity contribution is 7.89. The molecule has 1 heterocycles. The van der Waals surface area contributed by atoms with Crippen LogP contribution in [-0.4, -0.2) is 21.4 Å². The van der Waals surface area contributed by atoms with E-state index in [-0.39, 0.29) is 16.9 Å². The van der Waals surface area contributed by atoms with Crippen LogP contribution in [0.25, 0.3) is 0 Å². The Labute approximate surface area is 141 Å². The summed E-state index contributed by atoms with van der Waals surface area (Å²) in [5.41, 5.74) is 2.37. The molecule has 1 atom stereocenters. The number of hydrogen-bond donors (Lipinski definition) is 2. The summed E-state index contributed by atoms with van der Waals surface area (Å²) in [5, 5.41) is 2.70. The van der Waals surface area contributed by atoms with Crippen LogP contribution in [0.1, 0.15) is 47.0 Å². The molecule has 2 aromatic rings. The lowest BCUT2D eigenvalue weighted by atomic mass is 9.99. The number of aryl methyl sites for hydroxylation is 1. The molecule has 2 N–H and O–H groups in total. The first-order valence-electron chi connectivity index (χ1n) is 7.93. The van der Waals surface area contributed by atoms with E-state index in [0.717, 1.165) is 31.2 Å². The third-order valence-electron chi connectivity index (χ3n) is 4.26. The number of carbonyl (C=O) groups is 1. The van der Waals surface area contributed by atoms with Crippen molar-refractivity contribution in [1.29, 1.82) is 0 Å². The lowest BCUT2D eigenvalue weighted by molar-refractivity contribution is 0.0901. The van der Waals surface area contributed by atoms with E-state index in [0.29, 0.717) is 0 Å². The summed E-state index contributed by atoms with van der Waals surface area (Å²) in [5.74, 6) is -0.417. The number of sulfonamides is 1. The number of hydrogen-bond acceptors (Lipinski definition) is 4. The molecular formula is C17H20N2O4S. The zero-order chi connectivity index (χ0) is 17.2. The minimum absolute atomic E-state index is 0.00875. The monoisotopic (exact) mass is 348 g/mol. The Balaban J connectivity index is 1.80. The molecule has 128 valence electrons. The lowest BCUT2D eigenvalue weighted by Crippen LogP contribution is -2.28. The summed E-state index contributed by atoms with van der Waals surface area (Å²) >= 11 is 0. The van der Waals surface area contributed by atoms with Crippen LogP contribution in [0.15, 0.2) is 45.9 Å². The minimum Gasteiger partial charge on any atom is -0.438 e. The average Bonchev–Trinajstić information content (AvgIpc) is 3.01. The zero-order valence-electron chi connectivity index (χ0n) is 13.4. The molecule has 0 spiro atoms. The predicted molar refractivity (Wildman–Crippen MR) is 89.2 cm³/mol. The van der Waals surface area contributed by atoms with Crippen molar-refractivity contribution in [2.45, 2.75) is 36.8 Å². The van der Waals surface area contributed by atoms with Crippen LogP contribution in [0.3, 0.4) is 0 Å². The molecule has 0 saturated heterocycles. The van der Waals surface area contributed by atoms with E-state index < -0.39 is 15.9 Å². The van der Waals surface area contributed by atoms with Gasteiger partial charge in [0.15, 0.2) is 5.76 Å². The first kappa shape index (κ1) is 16.7. The van der Waals surface area contributed by atoms with E-state index in [2.05, 4.69) is 16.1 Å². The summed E-state index contributed by atoms with van der Waals surface area (Å²) in [4.78, 5) is 12.4. The van der Waals surface area contributed by atoms with Crippen molar-refractivity contribution in [2.75, 3.05) is 7.05 Å². The van der Waals surface area contributed by atoms with Gasteiger partial charge in [-0.05, 0) is 49.6 Å². The molecule has 3 rings (SSSR count). The van der Waals surface area contributed by atoms with Crippen LogP contribution in [-0.2, 0) is 16.4 Å². The third-order valence-corrected chi connectivity index (χ3v) is 5.55. The van der Waals surface area contributed by atoms with Gasteiger partial charge in [-0.25, -0.2) is 13.1 Å². The highest BCUT2D eigenvalue weighted by atomic mass is 32.2. The molecule has 1 unspecified atom stereocenters. The maximum Gasteiger partial charge on any atom is 0.287 e. The molecule has 1 aromatic heterocycles. The van der Waals surface area contributed by atoms with E-state index in [1.807, 2.05) is 18.2 Å². The molecule has 0 aliphatic heterocycles. The Morgan fingerprint density at radius 3 is 2.75 bits per heavy atom. The Bertz CT molecular complexity index is 842. The zero-order valence-corrected chi connectivity index (χ0v) is 14.2. The van der Waals surface area contributed by atoms with Crippen molar-refractivity contribution < 1.29 is 17.6 Å². The average molecular weight is 348 g/mol. The molecule has 0 saturated carbocycles. The number of nitrogens with one attached hydrogen (secondary N) is 2. The molecule has 7 heteroatoms. The maximum atomic E-state index is 12.4. The van der Waals surface area contributed by atoms with Crippen molar-refractivity contribution in [3.63, 3.8) is 0 Å². The molecule has 1 aromatic carbocycles. The summed E-state index contributed by atoms with van der Waals surface area (Å²) < 4.78 is 30.8. The molecule has 6 nitrogen and oxygen atoms in total. The number of furan rings is 1. The molecule has 24 heavy (non-hydrogen) atoms. The number of fused-ring (bicyclic) bond motifs is 1. The fourth-order valence-electron chi connectivity index (χ4n) is 2.99. The summed E-state index contributed by atoms with van der Waals surface area (Å²) in [6, 6.07) is 10.7. The summed E-state index contributed by atoms with van der Waals surface area (Å²) in [6.45, 7) is 0. The van der Waals surface area contributed by atoms with Crippen LogP contribution in [0, 0.1) is 0 Å². The van der Waals surface area contributed by atoms with Crippen LogP contribution < -0.4 is 10.0 Å². The SMILES string of the molecule is CNS(=O)(=O)c1ccc(C(=O)NC2CCCCc3ccccc32)o1. The van der Waals surface area contributed by atoms with Gasteiger partial charge in [0.25, 0.3) is 15.9 Å². The van der Waals surface area contributed by atoms with Crippen molar-refractivity contribution in [1.82, 2.24) is 10.0 Å². The lowest BCUT2D eigenvalue weighted by Gasteiger charge is -2.18. The number of rotatable bonds is 4. The predicted octanol–water partition coefficient (Wildman–Crippen LogP) is 2.39. The fraction of sp³-hybridized carbons (Fsp3) is 0.353. The van der Waals surface area contributed by atoms with Crippen molar-refractivity contribution >= 4 is 15.9 Å². The molecule has 0 fully saturated rings. The second-order valence-electron chi connectivity index (χ2n) is 5.80. The van der Waals surface area contributed by atoms with Crippen LogP contribution in [0.5, 0.6) is 0 Å². The topological polar surface area (TPSA) is 88.4 Å². The quantitative estimate of drug-likeness (QED) is 0.831. The molecule has 0 bridgehead atoms. The molecule has 1 amide bonds. The van der Waals surface area contributed by atoms with Crippen molar-refractivity contribution in [2.24, 2.45) is 0 Å². The van der Waals surface area contributed by atoms with Crippen LogP contribution in [0.2, 0.25) is 0 Å². The van der Waals surface area contributed by atoms with Crippen molar-refractivity contribution in [3.05, 3.63) is 53.3 Å². The Morgan fingerprint density at radius 2 is 1.96 bits per heavy atom. The molecule has 1 aliphatic carbocycles. The number of carbonyl (C=O) groups excluding carboxylic acids is 1.